The van der Waals surface area contributed by atoms with Crippen molar-refractivity contribution in [1.29, 1.82) is 0 Å². The lowest BCUT2D eigenvalue weighted by Gasteiger charge is -2.09. The Bertz CT molecular complexity index is 749. The molecule has 0 bridgehead atoms. The van der Waals surface area contributed by atoms with Gasteiger partial charge < -0.3 is 5.32 Å². The van der Waals surface area contributed by atoms with Gasteiger partial charge in [0.25, 0.3) is 5.56 Å². The number of halogens is 4. The van der Waals surface area contributed by atoms with E-state index in [0.29, 0.717) is 10.7 Å². The van der Waals surface area contributed by atoms with Gasteiger partial charge in [0.05, 0.1) is 16.9 Å². The van der Waals surface area contributed by atoms with Gasteiger partial charge in [0.2, 0.25) is 6.41 Å². The van der Waals surface area contributed by atoms with Crippen molar-refractivity contribution in [2.24, 2.45) is 0 Å². The number of nitrogens with one attached hydrogen (secondary N) is 1. The summed E-state index contributed by atoms with van der Waals surface area (Å²) in [6.07, 6.45) is 1.22. The first-order chi connectivity index (χ1) is 9.45. The number of hydrogen-bond acceptors (Lipinski definition) is 3. The van der Waals surface area contributed by atoms with E-state index < -0.39 is 22.9 Å². The van der Waals surface area contributed by atoms with Crippen LogP contribution in [0.2, 0.25) is 10.0 Å². The fourth-order valence-corrected chi connectivity index (χ4v) is 1.71. The van der Waals surface area contributed by atoms with Gasteiger partial charge in [0.15, 0.2) is 5.82 Å². The highest BCUT2D eigenvalue weighted by molar-refractivity contribution is 6.41. The second-order valence-electron chi connectivity index (χ2n) is 3.57. The molecule has 0 saturated carbocycles. The molecule has 20 heavy (non-hydrogen) atoms. The molecule has 0 saturated heterocycles. The summed E-state index contributed by atoms with van der Waals surface area (Å²) in [5, 5.41) is 5.09. The van der Waals surface area contributed by atoms with E-state index >= 15 is 0 Å². The minimum Gasteiger partial charge on any atom is -0.326 e. The van der Waals surface area contributed by atoms with Crippen LogP contribution in [0.1, 0.15) is 0 Å². The molecule has 5 nitrogen and oxygen atoms in total. The average Bonchev–Trinajstić information content (AvgIpc) is 2.41. The smallest absolute Gasteiger partial charge is 0.291 e. The zero-order valence-corrected chi connectivity index (χ0v) is 11.0. The van der Waals surface area contributed by atoms with Gasteiger partial charge in [-0.2, -0.15) is 9.78 Å². The van der Waals surface area contributed by atoms with Gasteiger partial charge in [-0.15, -0.1) is 0 Å². The number of anilines is 1. The summed E-state index contributed by atoms with van der Waals surface area (Å²) >= 11 is 11.2. The molecule has 2 rings (SSSR count). The summed E-state index contributed by atoms with van der Waals surface area (Å²) in [6, 6.07) is 1.43. The number of rotatable bonds is 3. The molecule has 1 aromatic heterocycles. The second kappa shape index (κ2) is 5.56. The molecule has 0 spiro atoms. The van der Waals surface area contributed by atoms with E-state index in [2.05, 4.69) is 5.10 Å². The molecule has 0 radical (unpaired) electrons. The van der Waals surface area contributed by atoms with E-state index in [1.165, 1.54) is 0 Å². The normalized spacial score (nSPS) is 10.4. The Labute approximate surface area is 120 Å². The molecular formula is C11H5Cl2F2N3O2. The van der Waals surface area contributed by atoms with Gasteiger partial charge in [0, 0.05) is 12.1 Å². The minimum absolute atomic E-state index is 0.104. The lowest BCUT2D eigenvalue weighted by molar-refractivity contribution is -0.105. The largest absolute Gasteiger partial charge is 0.326 e. The number of carbonyl (C=O) groups excluding carboxylic acids is 1. The number of amides is 1. The van der Waals surface area contributed by atoms with E-state index in [4.69, 9.17) is 23.2 Å². The average molecular weight is 320 g/mol. The zero-order valence-electron chi connectivity index (χ0n) is 9.53. The van der Waals surface area contributed by atoms with E-state index in [1.54, 1.807) is 0 Å². The molecule has 0 unspecified atom stereocenters. The Morgan fingerprint density at radius 3 is 2.60 bits per heavy atom. The Balaban J connectivity index is 2.65. The topological polar surface area (TPSA) is 64.0 Å². The Hall–Kier alpha value is -1.99. The van der Waals surface area contributed by atoms with Crippen molar-refractivity contribution in [3.8, 4) is 5.69 Å². The van der Waals surface area contributed by atoms with Crippen molar-refractivity contribution in [3.63, 3.8) is 0 Å². The molecule has 0 fully saturated rings. The van der Waals surface area contributed by atoms with Crippen LogP contribution in [0.3, 0.4) is 0 Å². The molecule has 2 aromatic rings. The van der Waals surface area contributed by atoms with Crippen LogP contribution in [0.5, 0.6) is 0 Å². The maximum absolute atomic E-state index is 13.9. The monoisotopic (exact) mass is 319 g/mol. The third kappa shape index (κ3) is 2.50. The first kappa shape index (κ1) is 14.4. The first-order valence-corrected chi connectivity index (χ1v) is 5.84. The van der Waals surface area contributed by atoms with Gasteiger partial charge in [-0.25, -0.2) is 8.78 Å². The Morgan fingerprint density at radius 2 is 1.95 bits per heavy atom. The van der Waals surface area contributed by atoms with Gasteiger partial charge in [-0.05, 0) is 0 Å². The van der Waals surface area contributed by atoms with E-state index in [0.717, 1.165) is 12.3 Å². The van der Waals surface area contributed by atoms with Crippen LogP contribution in [-0.2, 0) is 4.79 Å². The molecule has 104 valence electrons. The second-order valence-corrected chi connectivity index (χ2v) is 4.35. The van der Waals surface area contributed by atoms with E-state index in [9.17, 15) is 18.4 Å². The highest BCUT2D eigenvalue weighted by atomic mass is 35.5. The molecule has 0 atom stereocenters. The number of nitrogens with zero attached hydrogens (tertiary/aromatic N) is 2. The van der Waals surface area contributed by atoms with E-state index in [-0.39, 0.29) is 22.1 Å². The molecule has 0 aliphatic heterocycles. The number of carbonyl (C=O) groups is 1. The summed E-state index contributed by atoms with van der Waals surface area (Å²) in [5.74, 6) is -1.91. The Kier molecular flexibility index (Phi) is 4.01. The maximum Gasteiger partial charge on any atom is 0.291 e. The fraction of sp³-hybridized carbons (Fsp3) is 0. The summed E-state index contributed by atoms with van der Waals surface area (Å²) in [6.45, 7) is 0. The van der Waals surface area contributed by atoms with Gasteiger partial charge in [0.1, 0.15) is 16.5 Å². The van der Waals surface area contributed by atoms with Crippen LogP contribution in [0.15, 0.2) is 23.1 Å². The van der Waals surface area contributed by atoms with Crippen LogP contribution in [0, 0.1) is 11.6 Å². The van der Waals surface area contributed by atoms with Gasteiger partial charge in [-0.3, -0.25) is 9.59 Å². The molecular weight excluding hydrogens is 315 g/mol. The molecule has 9 heteroatoms. The van der Waals surface area contributed by atoms with Gasteiger partial charge in [-0.1, -0.05) is 23.2 Å². The quantitative estimate of drug-likeness (QED) is 0.883. The summed E-state index contributed by atoms with van der Waals surface area (Å²) in [5.41, 5.74) is -1.72. The Morgan fingerprint density at radius 1 is 1.25 bits per heavy atom. The van der Waals surface area contributed by atoms with E-state index in [1.807, 2.05) is 5.32 Å². The molecule has 1 heterocycles. The highest BCUT2D eigenvalue weighted by Crippen LogP contribution is 2.22. The van der Waals surface area contributed by atoms with Crippen molar-refractivity contribution >= 4 is 35.3 Å². The van der Waals surface area contributed by atoms with Crippen molar-refractivity contribution in [2.75, 3.05) is 5.32 Å². The van der Waals surface area contributed by atoms with Crippen LogP contribution in [-0.4, -0.2) is 16.2 Å². The number of aromatic nitrogens is 2. The predicted molar refractivity (Wildman–Crippen MR) is 69.5 cm³/mol. The lowest BCUT2D eigenvalue weighted by atomic mass is 10.2. The first-order valence-electron chi connectivity index (χ1n) is 5.08. The third-order valence-corrected chi connectivity index (χ3v) is 3.10. The predicted octanol–water partition coefficient (Wildman–Crippen LogP) is 2.39. The summed E-state index contributed by atoms with van der Waals surface area (Å²) < 4.78 is 28.0. The van der Waals surface area contributed by atoms with Crippen molar-refractivity contribution < 1.29 is 13.6 Å². The molecule has 1 amide bonds. The van der Waals surface area contributed by atoms with Crippen LogP contribution in [0.25, 0.3) is 5.69 Å². The summed E-state index contributed by atoms with van der Waals surface area (Å²) in [4.78, 5) is 22.0. The van der Waals surface area contributed by atoms with Crippen LogP contribution in [0.4, 0.5) is 14.5 Å². The third-order valence-electron chi connectivity index (χ3n) is 2.36. The van der Waals surface area contributed by atoms with Crippen LogP contribution >= 0.6 is 23.2 Å². The zero-order chi connectivity index (χ0) is 14.9. The highest BCUT2D eigenvalue weighted by Gasteiger charge is 2.15. The molecule has 1 N–H and O–H groups in total. The lowest BCUT2D eigenvalue weighted by Crippen LogP contribution is -2.22. The number of hydrogen-bond donors (Lipinski definition) is 1. The maximum atomic E-state index is 13.9. The molecule has 0 aliphatic rings. The molecule has 0 aliphatic carbocycles. The minimum atomic E-state index is -0.969. The van der Waals surface area contributed by atoms with Gasteiger partial charge >= 0.3 is 0 Å². The fourth-order valence-electron chi connectivity index (χ4n) is 1.46. The van der Waals surface area contributed by atoms with Crippen molar-refractivity contribution in [1.82, 2.24) is 9.78 Å². The SMILES string of the molecule is O=CNc1cc(F)c(-n2ncc(Cl)c(Cl)c2=O)cc1F. The standard InChI is InChI=1S/C11H5Cl2F2N3O2/c12-5-3-17-18(11(20)10(5)13)9-2-6(14)8(16-4-19)1-7(9)15/h1-4H,(H,16,19). The van der Waals surface area contributed by atoms with Crippen molar-refractivity contribution in [3.05, 3.63) is 50.4 Å². The number of benzene rings is 1. The van der Waals surface area contributed by atoms with Crippen molar-refractivity contribution in [2.45, 2.75) is 0 Å². The summed E-state index contributed by atoms with van der Waals surface area (Å²) in [7, 11) is 0. The molecule has 1 aromatic carbocycles. The van der Waals surface area contributed by atoms with Crippen LogP contribution < -0.4 is 10.9 Å².